The number of hydrogen-bond donors (Lipinski definition) is 2. The maximum Gasteiger partial charge on any atom is 0.256 e. The molecule has 1 aromatic heterocycles. The molecule has 0 aliphatic heterocycles. The molecule has 1 heterocycles. The third kappa shape index (κ3) is 4.75. The molecule has 5 nitrogen and oxygen atoms in total. The molecule has 2 N–H and O–H groups in total. The lowest BCUT2D eigenvalue weighted by atomic mass is 10.0. The first-order chi connectivity index (χ1) is 15.0. The second-order valence-electron chi connectivity index (χ2n) is 7.02. The van der Waals surface area contributed by atoms with Crippen molar-refractivity contribution in [1.29, 1.82) is 0 Å². The zero-order valence-electron chi connectivity index (χ0n) is 17.2. The van der Waals surface area contributed by atoms with Gasteiger partial charge >= 0.3 is 0 Å². The molecular formula is C25H21N3O2S. The number of nitrogens with one attached hydrogen (secondary N) is 2. The Labute approximate surface area is 184 Å². The number of rotatable bonds is 5. The van der Waals surface area contributed by atoms with Gasteiger partial charge in [-0.1, -0.05) is 36.4 Å². The number of aromatic nitrogens is 1. The van der Waals surface area contributed by atoms with Gasteiger partial charge in [-0.3, -0.25) is 9.59 Å². The summed E-state index contributed by atoms with van der Waals surface area (Å²) in [5, 5.41) is 6.55. The van der Waals surface area contributed by atoms with Gasteiger partial charge in [-0.2, -0.15) is 0 Å². The van der Waals surface area contributed by atoms with Crippen LogP contribution in [0.3, 0.4) is 0 Å². The second kappa shape index (κ2) is 9.02. The first-order valence-electron chi connectivity index (χ1n) is 9.77. The summed E-state index contributed by atoms with van der Waals surface area (Å²) in [6.07, 6.45) is 2.00. The number of para-hydroxylation sites is 1. The van der Waals surface area contributed by atoms with Gasteiger partial charge in [0.05, 0.1) is 16.8 Å². The third-order valence-electron chi connectivity index (χ3n) is 4.79. The van der Waals surface area contributed by atoms with Crippen LogP contribution in [0, 0.1) is 0 Å². The quantitative estimate of drug-likeness (QED) is 0.393. The molecule has 2 amide bonds. The first-order valence-corrected chi connectivity index (χ1v) is 11.0. The van der Waals surface area contributed by atoms with Crippen molar-refractivity contribution in [2.75, 3.05) is 16.9 Å². The minimum atomic E-state index is -0.187. The lowest BCUT2D eigenvalue weighted by Crippen LogP contribution is -2.13. The number of carbonyl (C=O) groups is 2. The highest BCUT2D eigenvalue weighted by atomic mass is 32.2. The maximum atomic E-state index is 13.2. The minimum Gasteiger partial charge on any atom is -0.326 e. The van der Waals surface area contributed by atoms with Gasteiger partial charge in [0, 0.05) is 34.1 Å². The Kier molecular flexibility index (Phi) is 6.00. The number of carbonyl (C=O) groups excluding carboxylic acids is 2. The Morgan fingerprint density at radius 1 is 0.839 bits per heavy atom. The molecule has 31 heavy (non-hydrogen) atoms. The summed E-state index contributed by atoms with van der Waals surface area (Å²) in [5.74, 6) is -0.311. The smallest absolute Gasteiger partial charge is 0.256 e. The normalized spacial score (nSPS) is 10.6. The van der Waals surface area contributed by atoms with Crippen molar-refractivity contribution < 1.29 is 9.59 Å². The Hall–Kier alpha value is -3.64. The Morgan fingerprint density at radius 2 is 1.61 bits per heavy atom. The highest BCUT2D eigenvalue weighted by molar-refractivity contribution is 7.98. The molecule has 0 spiro atoms. The number of amides is 2. The average molecular weight is 428 g/mol. The summed E-state index contributed by atoms with van der Waals surface area (Å²) in [6, 6.07) is 24.6. The van der Waals surface area contributed by atoms with Crippen molar-refractivity contribution >= 4 is 45.9 Å². The van der Waals surface area contributed by atoms with E-state index in [4.69, 9.17) is 4.98 Å². The van der Waals surface area contributed by atoms with Crippen molar-refractivity contribution in [2.45, 2.75) is 11.8 Å². The molecule has 0 aliphatic carbocycles. The molecule has 0 saturated carbocycles. The summed E-state index contributed by atoms with van der Waals surface area (Å²) < 4.78 is 0. The van der Waals surface area contributed by atoms with Gasteiger partial charge in [0.2, 0.25) is 5.91 Å². The van der Waals surface area contributed by atoms with Crippen LogP contribution in [-0.2, 0) is 4.79 Å². The summed E-state index contributed by atoms with van der Waals surface area (Å²) in [6.45, 7) is 1.47. The van der Waals surface area contributed by atoms with E-state index >= 15 is 0 Å². The number of anilines is 2. The van der Waals surface area contributed by atoms with Crippen molar-refractivity contribution in [1.82, 2.24) is 4.98 Å². The molecule has 0 bridgehead atoms. The first kappa shape index (κ1) is 20.6. The summed E-state index contributed by atoms with van der Waals surface area (Å²) >= 11 is 1.63. The van der Waals surface area contributed by atoms with Gasteiger partial charge in [0.15, 0.2) is 0 Å². The Balaban J connectivity index is 1.72. The van der Waals surface area contributed by atoms with Crippen LogP contribution in [0.5, 0.6) is 0 Å². The van der Waals surface area contributed by atoms with Crippen LogP contribution < -0.4 is 10.6 Å². The zero-order chi connectivity index (χ0) is 21.8. The van der Waals surface area contributed by atoms with Gasteiger partial charge in [-0.25, -0.2) is 4.98 Å². The zero-order valence-corrected chi connectivity index (χ0v) is 18.0. The monoisotopic (exact) mass is 427 g/mol. The second-order valence-corrected chi connectivity index (χ2v) is 7.90. The predicted molar refractivity (Wildman–Crippen MR) is 128 cm³/mol. The van der Waals surface area contributed by atoms with E-state index < -0.39 is 0 Å². The van der Waals surface area contributed by atoms with Gasteiger partial charge in [0.1, 0.15) is 0 Å². The number of benzene rings is 3. The van der Waals surface area contributed by atoms with Crippen LogP contribution in [0.4, 0.5) is 11.4 Å². The molecule has 0 fully saturated rings. The number of fused-ring (bicyclic) bond motifs is 1. The van der Waals surface area contributed by atoms with Crippen molar-refractivity contribution in [3.63, 3.8) is 0 Å². The van der Waals surface area contributed by atoms with Crippen LogP contribution in [0.1, 0.15) is 17.3 Å². The van der Waals surface area contributed by atoms with Crippen LogP contribution in [0.2, 0.25) is 0 Å². The topological polar surface area (TPSA) is 71.1 Å². The van der Waals surface area contributed by atoms with E-state index in [0.717, 1.165) is 27.0 Å². The molecule has 0 aliphatic rings. The van der Waals surface area contributed by atoms with Crippen molar-refractivity contribution in [3.8, 4) is 11.3 Å². The SMILES string of the molecule is CSc1cccc(NC(=O)c2cc(-c3ccc(NC(C)=O)cc3)nc3ccccc23)c1. The molecule has 0 unspecified atom stereocenters. The van der Waals surface area contributed by atoms with E-state index in [9.17, 15) is 9.59 Å². The molecule has 0 radical (unpaired) electrons. The number of thioether (sulfide) groups is 1. The molecule has 3 aromatic carbocycles. The van der Waals surface area contributed by atoms with Gasteiger partial charge in [-0.15, -0.1) is 11.8 Å². The van der Waals surface area contributed by atoms with E-state index in [2.05, 4.69) is 10.6 Å². The van der Waals surface area contributed by atoms with Crippen LogP contribution in [0.15, 0.2) is 83.8 Å². The number of pyridine rings is 1. The fourth-order valence-electron chi connectivity index (χ4n) is 3.34. The van der Waals surface area contributed by atoms with Gasteiger partial charge in [-0.05, 0) is 48.7 Å². The average Bonchev–Trinajstić information content (AvgIpc) is 2.78. The molecule has 4 rings (SSSR count). The summed E-state index contributed by atoms with van der Waals surface area (Å²) in [5.41, 5.74) is 4.31. The standard InChI is InChI=1S/C25H21N3O2S/c1-16(29)26-18-12-10-17(11-13-18)24-15-22(21-8-3-4-9-23(21)28-24)25(30)27-19-6-5-7-20(14-19)31-2/h3-15H,1-2H3,(H,26,29)(H,27,30). The number of hydrogen-bond acceptors (Lipinski definition) is 4. The highest BCUT2D eigenvalue weighted by Gasteiger charge is 2.14. The number of nitrogens with zero attached hydrogens (tertiary/aromatic N) is 1. The molecule has 4 aromatic rings. The fraction of sp³-hybridized carbons (Fsp3) is 0.0800. The van der Waals surface area contributed by atoms with Crippen molar-refractivity contribution in [2.24, 2.45) is 0 Å². The molecular weight excluding hydrogens is 406 g/mol. The Bertz CT molecular complexity index is 1270. The molecule has 0 atom stereocenters. The third-order valence-corrected chi connectivity index (χ3v) is 5.51. The summed E-state index contributed by atoms with van der Waals surface area (Å²) in [7, 11) is 0. The van der Waals surface area contributed by atoms with Crippen LogP contribution >= 0.6 is 11.8 Å². The van der Waals surface area contributed by atoms with E-state index in [1.807, 2.05) is 85.1 Å². The van der Waals surface area contributed by atoms with E-state index in [1.54, 1.807) is 11.8 Å². The molecule has 6 heteroatoms. The Morgan fingerprint density at radius 3 is 2.35 bits per heavy atom. The van der Waals surface area contributed by atoms with Gasteiger partial charge < -0.3 is 10.6 Å². The molecule has 154 valence electrons. The van der Waals surface area contributed by atoms with Crippen molar-refractivity contribution in [3.05, 3.63) is 84.4 Å². The van der Waals surface area contributed by atoms with E-state index in [1.165, 1.54) is 6.92 Å². The maximum absolute atomic E-state index is 13.2. The van der Waals surface area contributed by atoms with Crippen LogP contribution in [0.25, 0.3) is 22.2 Å². The fourth-order valence-corrected chi connectivity index (χ4v) is 3.80. The highest BCUT2D eigenvalue weighted by Crippen LogP contribution is 2.27. The molecule has 0 saturated heterocycles. The summed E-state index contributed by atoms with van der Waals surface area (Å²) in [4.78, 5) is 30.3. The van der Waals surface area contributed by atoms with E-state index in [0.29, 0.717) is 16.9 Å². The van der Waals surface area contributed by atoms with Crippen LogP contribution in [-0.4, -0.2) is 23.1 Å². The largest absolute Gasteiger partial charge is 0.326 e. The van der Waals surface area contributed by atoms with E-state index in [-0.39, 0.29) is 11.8 Å². The minimum absolute atomic E-state index is 0.124. The lowest BCUT2D eigenvalue weighted by molar-refractivity contribution is -0.114. The predicted octanol–water partition coefficient (Wildman–Crippen LogP) is 5.83. The lowest BCUT2D eigenvalue weighted by Gasteiger charge is -2.12. The van der Waals surface area contributed by atoms with Gasteiger partial charge in [0.25, 0.3) is 5.91 Å².